The van der Waals surface area contributed by atoms with Crippen LogP contribution >= 0.6 is 11.6 Å². The molecular formula is C19H21ClN2O4. The molecule has 0 aromatic heterocycles. The number of rotatable bonds is 7. The van der Waals surface area contributed by atoms with Crippen molar-refractivity contribution in [3.8, 4) is 11.5 Å². The summed E-state index contributed by atoms with van der Waals surface area (Å²) in [5, 5.41) is 0.534. The normalized spacial score (nSPS) is 10.1. The fourth-order valence-corrected chi connectivity index (χ4v) is 2.36. The van der Waals surface area contributed by atoms with E-state index in [1.807, 2.05) is 13.8 Å². The van der Waals surface area contributed by atoms with Crippen molar-refractivity contribution >= 4 is 23.4 Å². The van der Waals surface area contributed by atoms with Gasteiger partial charge in [0.1, 0.15) is 0 Å². The smallest absolute Gasteiger partial charge is 0.269 e. The van der Waals surface area contributed by atoms with E-state index >= 15 is 0 Å². The van der Waals surface area contributed by atoms with Gasteiger partial charge in [-0.25, -0.2) is 0 Å². The van der Waals surface area contributed by atoms with Gasteiger partial charge in [-0.1, -0.05) is 17.7 Å². The molecule has 2 aromatic rings. The molecule has 0 aliphatic carbocycles. The fraction of sp³-hybridized carbons (Fsp3) is 0.263. The van der Waals surface area contributed by atoms with Crippen molar-refractivity contribution in [3.05, 3.63) is 58.6 Å². The van der Waals surface area contributed by atoms with Gasteiger partial charge in [0.25, 0.3) is 5.91 Å². The molecule has 2 amide bonds. The third-order valence-corrected chi connectivity index (χ3v) is 3.65. The van der Waals surface area contributed by atoms with E-state index in [0.717, 1.165) is 5.56 Å². The zero-order valence-electron chi connectivity index (χ0n) is 14.7. The summed E-state index contributed by atoms with van der Waals surface area (Å²) >= 11 is 5.78. The molecule has 0 saturated carbocycles. The number of halogens is 1. The lowest BCUT2D eigenvalue weighted by Crippen LogP contribution is -2.42. The second-order valence-corrected chi connectivity index (χ2v) is 5.77. The van der Waals surface area contributed by atoms with Crippen molar-refractivity contribution in [1.29, 1.82) is 0 Å². The maximum absolute atomic E-state index is 12.1. The van der Waals surface area contributed by atoms with E-state index in [0.29, 0.717) is 35.3 Å². The van der Waals surface area contributed by atoms with Crippen LogP contribution in [-0.4, -0.2) is 25.0 Å². The van der Waals surface area contributed by atoms with E-state index in [-0.39, 0.29) is 12.3 Å². The highest BCUT2D eigenvalue weighted by atomic mass is 35.5. The Hall–Kier alpha value is -2.73. The van der Waals surface area contributed by atoms with Gasteiger partial charge in [0, 0.05) is 10.6 Å². The topological polar surface area (TPSA) is 76.7 Å². The minimum absolute atomic E-state index is 0.0907. The SMILES string of the molecule is CCOc1ccc(CC(=O)NNC(=O)c2ccc(Cl)cc2)cc1OCC. The van der Waals surface area contributed by atoms with Crippen molar-refractivity contribution in [2.24, 2.45) is 0 Å². The monoisotopic (exact) mass is 376 g/mol. The molecule has 0 unspecified atom stereocenters. The van der Waals surface area contributed by atoms with Gasteiger partial charge in [0.2, 0.25) is 5.91 Å². The number of carbonyl (C=O) groups is 2. The molecule has 0 aliphatic rings. The average Bonchev–Trinajstić information content (AvgIpc) is 2.63. The van der Waals surface area contributed by atoms with Crippen LogP contribution in [-0.2, 0) is 11.2 Å². The summed E-state index contributed by atoms with van der Waals surface area (Å²) in [6, 6.07) is 11.7. The van der Waals surface area contributed by atoms with Gasteiger partial charge in [0.15, 0.2) is 11.5 Å². The Bertz CT molecular complexity index is 763. The van der Waals surface area contributed by atoms with Crippen molar-refractivity contribution in [1.82, 2.24) is 10.9 Å². The van der Waals surface area contributed by atoms with Gasteiger partial charge >= 0.3 is 0 Å². The Morgan fingerprint density at radius 2 is 1.58 bits per heavy atom. The van der Waals surface area contributed by atoms with Gasteiger partial charge in [-0.15, -0.1) is 0 Å². The quantitative estimate of drug-likeness (QED) is 0.728. The average molecular weight is 377 g/mol. The minimum Gasteiger partial charge on any atom is -0.490 e. The summed E-state index contributed by atoms with van der Waals surface area (Å²) in [4.78, 5) is 24.0. The Kier molecular flexibility index (Phi) is 7.29. The highest BCUT2D eigenvalue weighted by molar-refractivity contribution is 6.30. The molecule has 0 radical (unpaired) electrons. The predicted molar refractivity (Wildman–Crippen MR) is 99.5 cm³/mol. The summed E-state index contributed by atoms with van der Waals surface area (Å²) in [7, 11) is 0. The lowest BCUT2D eigenvalue weighted by Gasteiger charge is -2.12. The van der Waals surface area contributed by atoms with E-state index in [9.17, 15) is 9.59 Å². The number of hydrogen-bond acceptors (Lipinski definition) is 4. The molecule has 2 N–H and O–H groups in total. The largest absolute Gasteiger partial charge is 0.490 e. The molecule has 0 fully saturated rings. The summed E-state index contributed by atoms with van der Waals surface area (Å²) in [6.45, 7) is 4.78. The minimum atomic E-state index is -0.420. The van der Waals surface area contributed by atoms with E-state index < -0.39 is 5.91 Å². The van der Waals surface area contributed by atoms with Gasteiger partial charge in [0.05, 0.1) is 19.6 Å². The Labute approximate surface area is 157 Å². The number of amides is 2. The molecule has 0 atom stereocenters. The molecule has 138 valence electrons. The molecule has 7 heteroatoms. The van der Waals surface area contributed by atoms with Crippen LogP contribution in [0.3, 0.4) is 0 Å². The highest BCUT2D eigenvalue weighted by Gasteiger charge is 2.11. The zero-order valence-corrected chi connectivity index (χ0v) is 15.4. The maximum Gasteiger partial charge on any atom is 0.269 e. The Morgan fingerprint density at radius 3 is 2.23 bits per heavy atom. The molecule has 2 aromatic carbocycles. The van der Waals surface area contributed by atoms with Crippen LogP contribution in [0, 0.1) is 0 Å². The van der Waals surface area contributed by atoms with E-state index in [1.165, 1.54) is 0 Å². The molecule has 0 heterocycles. The van der Waals surface area contributed by atoms with Crippen molar-refractivity contribution in [2.75, 3.05) is 13.2 Å². The van der Waals surface area contributed by atoms with Crippen LogP contribution in [0.15, 0.2) is 42.5 Å². The molecule has 0 bridgehead atoms. The number of hydrogen-bond donors (Lipinski definition) is 2. The lowest BCUT2D eigenvalue weighted by molar-refractivity contribution is -0.121. The third kappa shape index (κ3) is 5.67. The number of benzene rings is 2. The first-order valence-electron chi connectivity index (χ1n) is 8.26. The lowest BCUT2D eigenvalue weighted by atomic mass is 10.1. The van der Waals surface area contributed by atoms with Crippen LogP contribution in [0.2, 0.25) is 5.02 Å². The molecular weight excluding hydrogens is 356 g/mol. The summed E-state index contributed by atoms with van der Waals surface area (Å²) in [5.41, 5.74) is 5.91. The van der Waals surface area contributed by atoms with Gasteiger partial charge in [-0.05, 0) is 55.8 Å². The van der Waals surface area contributed by atoms with E-state index in [2.05, 4.69) is 10.9 Å². The highest BCUT2D eigenvalue weighted by Crippen LogP contribution is 2.28. The molecule has 2 rings (SSSR count). The number of ether oxygens (including phenoxy) is 2. The van der Waals surface area contributed by atoms with Gasteiger partial charge < -0.3 is 9.47 Å². The second kappa shape index (κ2) is 9.68. The Morgan fingerprint density at radius 1 is 0.923 bits per heavy atom. The first-order chi connectivity index (χ1) is 12.5. The standard InChI is InChI=1S/C19H21ClN2O4/c1-3-25-16-10-5-13(11-17(16)26-4-2)12-18(23)21-22-19(24)14-6-8-15(20)9-7-14/h5-11H,3-4,12H2,1-2H3,(H,21,23)(H,22,24). The first-order valence-corrected chi connectivity index (χ1v) is 8.64. The molecule has 26 heavy (non-hydrogen) atoms. The van der Waals surface area contributed by atoms with Crippen LogP contribution < -0.4 is 20.3 Å². The summed E-state index contributed by atoms with van der Waals surface area (Å²) < 4.78 is 11.0. The summed E-state index contributed by atoms with van der Waals surface area (Å²) in [6.07, 6.45) is 0.0907. The van der Waals surface area contributed by atoms with Crippen LogP contribution in [0.4, 0.5) is 0 Å². The number of carbonyl (C=O) groups excluding carboxylic acids is 2. The van der Waals surface area contributed by atoms with Crippen LogP contribution in [0.5, 0.6) is 11.5 Å². The van der Waals surface area contributed by atoms with E-state index in [1.54, 1.807) is 42.5 Å². The maximum atomic E-state index is 12.1. The fourth-order valence-electron chi connectivity index (χ4n) is 2.23. The second-order valence-electron chi connectivity index (χ2n) is 5.33. The van der Waals surface area contributed by atoms with Crippen molar-refractivity contribution in [2.45, 2.75) is 20.3 Å². The molecule has 0 aliphatic heterocycles. The van der Waals surface area contributed by atoms with Crippen molar-refractivity contribution in [3.63, 3.8) is 0 Å². The summed E-state index contributed by atoms with van der Waals surface area (Å²) in [5.74, 6) is 0.454. The van der Waals surface area contributed by atoms with Crippen molar-refractivity contribution < 1.29 is 19.1 Å². The first kappa shape index (κ1) is 19.6. The molecule has 0 saturated heterocycles. The van der Waals surface area contributed by atoms with Gasteiger partial charge in [-0.2, -0.15) is 0 Å². The predicted octanol–water partition coefficient (Wildman–Crippen LogP) is 3.14. The molecule has 6 nitrogen and oxygen atoms in total. The zero-order chi connectivity index (χ0) is 18.9. The molecule has 0 spiro atoms. The van der Waals surface area contributed by atoms with Gasteiger partial charge in [-0.3, -0.25) is 20.4 Å². The third-order valence-electron chi connectivity index (χ3n) is 3.39. The van der Waals surface area contributed by atoms with E-state index in [4.69, 9.17) is 21.1 Å². The number of nitrogens with one attached hydrogen (secondary N) is 2. The van der Waals surface area contributed by atoms with Crippen LogP contribution in [0.1, 0.15) is 29.8 Å². The Balaban J connectivity index is 1.93. The van der Waals surface area contributed by atoms with Crippen LogP contribution in [0.25, 0.3) is 0 Å². The number of hydrazine groups is 1.